The van der Waals surface area contributed by atoms with Crippen LogP contribution in [0.4, 0.5) is 0 Å². The number of hydrogen-bond acceptors (Lipinski definition) is 3. The second-order valence-electron chi connectivity index (χ2n) is 6.03. The van der Waals surface area contributed by atoms with Gasteiger partial charge in [-0.05, 0) is 36.4 Å². The molecule has 0 spiro atoms. The monoisotopic (exact) mass is 321 g/mol. The minimum atomic E-state index is -0.0242. The minimum Gasteiger partial charge on any atom is -0.485 e. The summed E-state index contributed by atoms with van der Waals surface area (Å²) in [5.41, 5.74) is 0. The van der Waals surface area contributed by atoms with Gasteiger partial charge in [-0.2, -0.15) is 0 Å². The molecule has 1 aliphatic rings. The molecule has 2 aromatic carbocycles. The first-order chi connectivity index (χ1) is 11.8. The van der Waals surface area contributed by atoms with Crippen LogP contribution in [-0.2, 0) is 6.61 Å². The Balaban J connectivity index is 1.47. The quantitative estimate of drug-likeness (QED) is 0.721. The molecule has 24 heavy (non-hydrogen) atoms. The third-order valence-corrected chi connectivity index (χ3v) is 4.39. The Bertz CT molecular complexity index is 857. The minimum absolute atomic E-state index is 0.0242. The first kappa shape index (κ1) is 14.8. The highest BCUT2D eigenvalue weighted by Gasteiger charge is 2.22. The molecule has 4 heteroatoms. The van der Waals surface area contributed by atoms with Gasteiger partial charge in [0.2, 0.25) is 0 Å². The van der Waals surface area contributed by atoms with Crippen LogP contribution in [-0.4, -0.2) is 23.9 Å². The van der Waals surface area contributed by atoms with Gasteiger partial charge < -0.3 is 14.1 Å². The number of fused-ring (bicyclic) bond motifs is 1. The maximum atomic E-state index is 12.3. The molecule has 1 fully saturated rings. The van der Waals surface area contributed by atoms with E-state index >= 15 is 0 Å². The molecule has 3 aromatic rings. The summed E-state index contributed by atoms with van der Waals surface area (Å²) in [5.74, 6) is 1.85. The first-order valence-corrected chi connectivity index (χ1v) is 8.30. The molecule has 0 aliphatic carbocycles. The van der Waals surface area contributed by atoms with Crippen LogP contribution in [0.25, 0.3) is 10.8 Å². The molecule has 0 bridgehead atoms. The smallest absolute Gasteiger partial charge is 0.289 e. The normalized spacial score (nSPS) is 14.2. The van der Waals surface area contributed by atoms with Gasteiger partial charge in [0.1, 0.15) is 18.1 Å². The van der Waals surface area contributed by atoms with Gasteiger partial charge in [0, 0.05) is 18.5 Å². The molecule has 0 N–H and O–H groups in total. The standard InChI is InChI=1S/C20H19NO3/c22-20(21-12-3-4-13-21)19-11-10-16(24-19)14-23-18-9-5-7-15-6-1-2-8-17(15)18/h1-2,5-11H,3-4,12-14H2. The van der Waals surface area contributed by atoms with Crippen LogP contribution in [0.15, 0.2) is 59.0 Å². The summed E-state index contributed by atoms with van der Waals surface area (Å²) >= 11 is 0. The van der Waals surface area contributed by atoms with Crippen molar-refractivity contribution in [2.45, 2.75) is 19.4 Å². The Labute approximate surface area is 140 Å². The second-order valence-corrected chi connectivity index (χ2v) is 6.03. The Hall–Kier alpha value is -2.75. The van der Waals surface area contributed by atoms with E-state index in [0.717, 1.165) is 42.5 Å². The maximum Gasteiger partial charge on any atom is 0.289 e. The highest BCUT2D eigenvalue weighted by Crippen LogP contribution is 2.26. The molecule has 0 unspecified atom stereocenters. The lowest BCUT2D eigenvalue weighted by molar-refractivity contribution is 0.0757. The van der Waals surface area contributed by atoms with Gasteiger partial charge in [-0.25, -0.2) is 0 Å². The van der Waals surface area contributed by atoms with Gasteiger partial charge in [-0.3, -0.25) is 4.79 Å². The van der Waals surface area contributed by atoms with E-state index in [1.165, 1.54) is 0 Å². The fraction of sp³-hybridized carbons (Fsp3) is 0.250. The van der Waals surface area contributed by atoms with Crippen LogP contribution in [0.2, 0.25) is 0 Å². The molecule has 1 aliphatic heterocycles. The molecular weight excluding hydrogens is 302 g/mol. The van der Waals surface area contributed by atoms with Crippen molar-refractivity contribution in [1.29, 1.82) is 0 Å². The van der Waals surface area contributed by atoms with Crippen LogP contribution in [0.1, 0.15) is 29.2 Å². The van der Waals surface area contributed by atoms with Gasteiger partial charge in [0.05, 0.1) is 0 Å². The number of carbonyl (C=O) groups is 1. The number of ether oxygens (including phenoxy) is 1. The zero-order chi connectivity index (χ0) is 16.4. The molecule has 1 amide bonds. The Morgan fingerprint density at radius 3 is 2.67 bits per heavy atom. The van der Waals surface area contributed by atoms with E-state index in [4.69, 9.17) is 9.15 Å². The third kappa shape index (κ3) is 2.87. The number of hydrogen-bond donors (Lipinski definition) is 0. The fourth-order valence-electron chi connectivity index (χ4n) is 3.12. The summed E-state index contributed by atoms with van der Waals surface area (Å²) in [7, 11) is 0. The van der Waals surface area contributed by atoms with Gasteiger partial charge in [-0.15, -0.1) is 0 Å². The number of benzene rings is 2. The number of likely N-dealkylation sites (tertiary alicyclic amines) is 1. The van der Waals surface area contributed by atoms with Crippen LogP contribution in [0.5, 0.6) is 5.75 Å². The van der Waals surface area contributed by atoms with Crippen molar-refractivity contribution in [1.82, 2.24) is 4.90 Å². The lowest BCUT2D eigenvalue weighted by Crippen LogP contribution is -2.27. The number of nitrogens with zero attached hydrogens (tertiary/aromatic N) is 1. The molecule has 4 nitrogen and oxygen atoms in total. The van der Waals surface area contributed by atoms with Crippen LogP contribution in [0, 0.1) is 0 Å². The summed E-state index contributed by atoms with van der Waals surface area (Å²) in [6, 6.07) is 17.6. The molecular formula is C20H19NO3. The van der Waals surface area contributed by atoms with Crippen molar-refractivity contribution in [2.75, 3.05) is 13.1 Å². The molecule has 0 atom stereocenters. The lowest BCUT2D eigenvalue weighted by Gasteiger charge is -2.12. The van der Waals surface area contributed by atoms with Crippen molar-refractivity contribution >= 4 is 16.7 Å². The van der Waals surface area contributed by atoms with Crippen LogP contribution < -0.4 is 4.74 Å². The van der Waals surface area contributed by atoms with E-state index in [2.05, 4.69) is 12.1 Å². The zero-order valence-electron chi connectivity index (χ0n) is 13.4. The predicted molar refractivity (Wildman–Crippen MR) is 92.1 cm³/mol. The van der Waals surface area contributed by atoms with Crippen LogP contribution >= 0.6 is 0 Å². The van der Waals surface area contributed by atoms with Crippen molar-refractivity contribution in [2.24, 2.45) is 0 Å². The average molecular weight is 321 g/mol. The second kappa shape index (κ2) is 6.40. The highest BCUT2D eigenvalue weighted by molar-refractivity contribution is 5.91. The fourth-order valence-corrected chi connectivity index (χ4v) is 3.12. The Morgan fingerprint density at radius 1 is 1.00 bits per heavy atom. The van der Waals surface area contributed by atoms with E-state index in [-0.39, 0.29) is 5.91 Å². The summed E-state index contributed by atoms with van der Waals surface area (Å²) in [4.78, 5) is 14.1. The van der Waals surface area contributed by atoms with Crippen LogP contribution in [0.3, 0.4) is 0 Å². The third-order valence-electron chi connectivity index (χ3n) is 4.39. The number of furan rings is 1. The molecule has 0 saturated carbocycles. The zero-order valence-corrected chi connectivity index (χ0v) is 13.4. The van der Waals surface area contributed by atoms with Gasteiger partial charge >= 0.3 is 0 Å². The molecule has 1 aromatic heterocycles. The summed E-state index contributed by atoms with van der Waals surface area (Å²) in [5, 5.41) is 2.21. The van der Waals surface area contributed by atoms with Crippen molar-refractivity contribution in [3.8, 4) is 5.75 Å². The number of rotatable bonds is 4. The SMILES string of the molecule is O=C(c1ccc(COc2cccc3ccccc23)o1)N1CCCC1. The topological polar surface area (TPSA) is 42.7 Å². The van der Waals surface area contributed by atoms with E-state index in [0.29, 0.717) is 18.1 Å². The van der Waals surface area contributed by atoms with Gasteiger partial charge in [-0.1, -0.05) is 36.4 Å². The van der Waals surface area contributed by atoms with Crippen molar-refractivity contribution in [3.63, 3.8) is 0 Å². The van der Waals surface area contributed by atoms with E-state index in [1.807, 2.05) is 41.3 Å². The Kier molecular flexibility index (Phi) is 3.95. The van der Waals surface area contributed by atoms with E-state index in [1.54, 1.807) is 6.07 Å². The largest absolute Gasteiger partial charge is 0.485 e. The molecule has 122 valence electrons. The molecule has 1 saturated heterocycles. The Morgan fingerprint density at radius 2 is 1.79 bits per heavy atom. The van der Waals surface area contributed by atoms with E-state index < -0.39 is 0 Å². The highest BCUT2D eigenvalue weighted by atomic mass is 16.5. The maximum absolute atomic E-state index is 12.3. The number of amides is 1. The molecule has 4 rings (SSSR count). The predicted octanol–water partition coefficient (Wildman–Crippen LogP) is 4.25. The first-order valence-electron chi connectivity index (χ1n) is 8.30. The van der Waals surface area contributed by atoms with Gasteiger partial charge in [0.25, 0.3) is 5.91 Å². The molecule has 2 heterocycles. The summed E-state index contributed by atoms with van der Waals surface area (Å²) < 4.78 is 11.6. The van der Waals surface area contributed by atoms with Gasteiger partial charge in [0.15, 0.2) is 5.76 Å². The molecule has 0 radical (unpaired) electrons. The van der Waals surface area contributed by atoms with Crippen molar-refractivity contribution in [3.05, 3.63) is 66.1 Å². The number of carbonyl (C=O) groups excluding carboxylic acids is 1. The van der Waals surface area contributed by atoms with E-state index in [9.17, 15) is 4.79 Å². The summed E-state index contributed by atoms with van der Waals surface area (Å²) in [6.07, 6.45) is 2.15. The lowest BCUT2D eigenvalue weighted by atomic mass is 10.1. The van der Waals surface area contributed by atoms with Crippen molar-refractivity contribution < 1.29 is 13.9 Å². The average Bonchev–Trinajstić information content (AvgIpc) is 3.31. The summed E-state index contributed by atoms with van der Waals surface area (Å²) in [6.45, 7) is 1.95.